The zero-order valence-electron chi connectivity index (χ0n) is 10.3. The normalized spacial score (nSPS) is 10.6. The molecule has 0 saturated carbocycles. The molecule has 0 saturated heterocycles. The number of fused-ring (bicyclic) bond motifs is 3. The Morgan fingerprint density at radius 2 is 1.80 bits per heavy atom. The van der Waals surface area contributed by atoms with Gasteiger partial charge < -0.3 is 9.38 Å². The van der Waals surface area contributed by atoms with E-state index < -0.39 is 0 Å². The molecule has 3 aromatic heterocycles. The van der Waals surface area contributed by atoms with E-state index in [2.05, 4.69) is 39.7 Å². The van der Waals surface area contributed by atoms with Gasteiger partial charge in [0.1, 0.15) is 0 Å². The molecule has 0 fully saturated rings. The third kappa shape index (κ3) is 1.92. The summed E-state index contributed by atoms with van der Waals surface area (Å²) >= 11 is 0. The van der Waals surface area contributed by atoms with E-state index in [-0.39, 0.29) is 20.1 Å². The van der Waals surface area contributed by atoms with Crippen LogP contribution >= 0.6 is 0 Å². The Morgan fingerprint density at radius 3 is 2.65 bits per heavy atom. The van der Waals surface area contributed by atoms with Gasteiger partial charge in [-0.05, 0) is 22.6 Å². The van der Waals surface area contributed by atoms with Crippen LogP contribution in [-0.2, 0) is 20.1 Å². The molecule has 4 nitrogen and oxygen atoms in total. The Balaban J connectivity index is 0.00000121. The van der Waals surface area contributed by atoms with Crippen LogP contribution in [0.5, 0.6) is 0 Å². The quantitative estimate of drug-likeness (QED) is 0.430. The van der Waals surface area contributed by atoms with Gasteiger partial charge in [0.15, 0.2) is 0 Å². The van der Waals surface area contributed by atoms with Gasteiger partial charge in [-0.2, -0.15) is 0 Å². The SMILES string of the molecule is [Ir].[c-]1nnc2c(-c3ccccc3)cc3cccnc3n12. The molecule has 0 aliphatic rings. The molecule has 0 amide bonds. The van der Waals surface area contributed by atoms with Crippen molar-refractivity contribution in [2.75, 3.05) is 0 Å². The predicted octanol–water partition coefficient (Wildman–Crippen LogP) is 2.74. The molecule has 0 atom stereocenters. The van der Waals surface area contributed by atoms with E-state index in [0.717, 1.165) is 27.8 Å². The molecule has 3 heterocycles. The summed E-state index contributed by atoms with van der Waals surface area (Å²) in [6, 6.07) is 16.2. The van der Waals surface area contributed by atoms with Crippen molar-refractivity contribution >= 4 is 16.7 Å². The third-order valence-corrected chi connectivity index (χ3v) is 3.16. The molecule has 4 aromatic rings. The van der Waals surface area contributed by atoms with Gasteiger partial charge in [0, 0.05) is 38.3 Å². The summed E-state index contributed by atoms with van der Waals surface area (Å²) in [6.07, 6.45) is 4.63. The van der Waals surface area contributed by atoms with Gasteiger partial charge in [-0.3, -0.25) is 0 Å². The minimum atomic E-state index is 0. The van der Waals surface area contributed by atoms with Gasteiger partial charge >= 0.3 is 0 Å². The average molecular weight is 437 g/mol. The number of hydrogen-bond acceptors (Lipinski definition) is 3. The van der Waals surface area contributed by atoms with Gasteiger partial charge in [-0.1, -0.05) is 42.5 Å². The molecule has 5 heteroatoms. The van der Waals surface area contributed by atoms with Crippen LogP contribution in [0.25, 0.3) is 27.8 Å². The summed E-state index contributed by atoms with van der Waals surface area (Å²) in [7, 11) is 0. The Morgan fingerprint density at radius 1 is 0.950 bits per heavy atom. The Kier molecular flexibility index (Phi) is 3.30. The molecule has 20 heavy (non-hydrogen) atoms. The predicted molar refractivity (Wildman–Crippen MR) is 72.6 cm³/mol. The molecule has 1 radical (unpaired) electrons. The number of aromatic nitrogens is 4. The van der Waals surface area contributed by atoms with Gasteiger partial charge in [-0.25, -0.2) is 10.2 Å². The number of nitrogens with zero attached hydrogens (tertiary/aromatic N) is 4. The summed E-state index contributed by atoms with van der Waals surface area (Å²) < 4.78 is 1.80. The standard InChI is InChI=1S/C15H9N4.Ir/c1-2-5-11(6-3-1)13-9-12-7-4-8-16-14(12)19-10-17-18-15(13)19;/h1-9H;/q-1;. The second-order valence-corrected chi connectivity index (χ2v) is 4.30. The van der Waals surface area contributed by atoms with Gasteiger partial charge in [0.25, 0.3) is 0 Å². The molecular weight excluding hydrogens is 428 g/mol. The van der Waals surface area contributed by atoms with E-state index in [0.29, 0.717) is 0 Å². The van der Waals surface area contributed by atoms with Crippen molar-refractivity contribution in [3.63, 3.8) is 0 Å². The molecule has 4 rings (SSSR count). The number of pyridine rings is 2. The second kappa shape index (κ2) is 5.12. The topological polar surface area (TPSA) is 43.1 Å². The van der Waals surface area contributed by atoms with Crippen LogP contribution in [0.4, 0.5) is 0 Å². The summed E-state index contributed by atoms with van der Waals surface area (Å²) in [5.41, 5.74) is 3.74. The molecular formula is C15H9IrN4-. The Labute approximate surface area is 128 Å². The molecule has 0 unspecified atom stereocenters. The van der Waals surface area contributed by atoms with Gasteiger partial charge in [0.05, 0.1) is 5.65 Å². The fourth-order valence-corrected chi connectivity index (χ4v) is 2.29. The first kappa shape index (κ1) is 12.9. The van der Waals surface area contributed by atoms with Crippen molar-refractivity contribution in [3.8, 4) is 11.1 Å². The van der Waals surface area contributed by atoms with Crippen molar-refractivity contribution in [3.05, 3.63) is 61.1 Å². The molecule has 1 aromatic carbocycles. The van der Waals surface area contributed by atoms with Crippen molar-refractivity contribution in [1.82, 2.24) is 19.6 Å². The van der Waals surface area contributed by atoms with Crippen LogP contribution in [-0.4, -0.2) is 19.6 Å². The Hall–Kier alpha value is -2.10. The van der Waals surface area contributed by atoms with E-state index in [1.165, 1.54) is 0 Å². The summed E-state index contributed by atoms with van der Waals surface area (Å²) in [5.74, 6) is 0. The fourth-order valence-electron chi connectivity index (χ4n) is 2.29. The maximum absolute atomic E-state index is 4.37. The van der Waals surface area contributed by atoms with Gasteiger partial charge in [-0.15, -0.1) is 0 Å². The molecule has 0 aliphatic carbocycles. The number of rotatable bonds is 1. The third-order valence-electron chi connectivity index (χ3n) is 3.16. The van der Waals surface area contributed by atoms with E-state index in [1.54, 1.807) is 10.6 Å². The maximum Gasteiger partial charge on any atom is 0.0578 e. The summed E-state index contributed by atoms with van der Waals surface area (Å²) in [4.78, 5) is 4.37. The zero-order chi connectivity index (χ0) is 12.7. The fraction of sp³-hybridized carbons (Fsp3) is 0. The minimum Gasteiger partial charge on any atom is -0.428 e. The first-order valence-corrected chi connectivity index (χ1v) is 5.99. The minimum absolute atomic E-state index is 0. The van der Waals surface area contributed by atoms with E-state index in [9.17, 15) is 0 Å². The van der Waals surface area contributed by atoms with Crippen LogP contribution in [0.1, 0.15) is 0 Å². The largest absolute Gasteiger partial charge is 0.428 e. The molecule has 99 valence electrons. The maximum atomic E-state index is 4.37. The first-order valence-electron chi connectivity index (χ1n) is 5.99. The average Bonchev–Trinajstić information content (AvgIpc) is 2.97. The van der Waals surface area contributed by atoms with Crippen LogP contribution in [0, 0.1) is 6.33 Å². The number of hydrogen-bond donors (Lipinski definition) is 0. The molecule has 0 spiro atoms. The van der Waals surface area contributed by atoms with Crippen LogP contribution < -0.4 is 0 Å². The molecule has 0 aliphatic heterocycles. The molecule has 0 N–H and O–H groups in total. The second-order valence-electron chi connectivity index (χ2n) is 4.30. The monoisotopic (exact) mass is 438 g/mol. The van der Waals surface area contributed by atoms with Crippen LogP contribution in [0.2, 0.25) is 0 Å². The van der Waals surface area contributed by atoms with Crippen molar-refractivity contribution in [2.24, 2.45) is 0 Å². The van der Waals surface area contributed by atoms with Crippen molar-refractivity contribution < 1.29 is 20.1 Å². The molecule has 0 bridgehead atoms. The van der Waals surface area contributed by atoms with E-state index in [4.69, 9.17) is 0 Å². The van der Waals surface area contributed by atoms with Gasteiger partial charge in [0.2, 0.25) is 0 Å². The number of benzene rings is 1. The summed E-state index contributed by atoms with van der Waals surface area (Å²) in [5, 5.41) is 9.09. The van der Waals surface area contributed by atoms with Crippen LogP contribution in [0.3, 0.4) is 0 Å². The van der Waals surface area contributed by atoms with Crippen molar-refractivity contribution in [1.29, 1.82) is 0 Å². The zero-order valence-corrected chi connectivity index (χ0v) is 12.7. The summed E-state index contributed by atoms with van der Waals surface area (Å²) in [6.45, 7) is 0. The Bertz CT molecular complexity index is 871. The van der Waals surface area contributed by atoms with E-state index in [1.807, 2.05) is 30.3 Å². The van der Waals surface area contributed by atoms with E-state index >= 15 is 0 Å². The first-order chi connectivity index (χ1) is 9.43. The van der Waals surface area contributed by atoms with Crippen molar-refractivity contribution in [2.45, 2.75) is 0 Å². The smallest absolute Gasteiger partial charge is 0.0578 e. The van der Waals surface area contributed by atoms with Crippen LogP contribution in [0.15, 0.2) is 54.7 Å².